The Morgan fingerprint density at radius 1 is 1.13 bits per heavy atom. The van der Waals surface area contributed by atoms with E-state index in [2.05, 4.69) is 4.98 Å². The second-order valence-electron chi connectivity index (χ2n) is 5.36. The largest absolute Gasteiger partial charge is 0.497 e. The second-order valence-corrected chi connectivity index (χ2v) is 5.36. The molecule has 0 radical (unpaired) electrons. The van der Waals surface area contributed by atoms with Gasteiger partial charge in [-0.05, 0) is 36.6 Å². The number of methoxy groups -OCH3 is 2. The molecule has 1 aliphatic heterocycles. The number of ether oxygens (including phenoxy) is 3. The monoisotopic (exact) mass is 313 g/mol. The lowest BCUT2D eigenvalue weighted by molar-refractivity contribution is 0.0477. The highest BCUT2D eigenvalue weighted by Crippen LogP contribution is 2.26. The van der Waals surface area contributed by atoms with Gasteiger partial charge >= 0.3 is 5.97 Å². The summed E-state index contributed by atoms with van der Waals surface area (Å²) in [5, 5.41) is 0. The van der Waals surface area contributed by atoms with E-state index in [0.29, 0.717) is 18.6 Å². The first-order valence-electron chi connectivity index (χ1n) is 7.58. The highest BCUT2D eigenvalue weighted by molar-refractivity contribution is 5.91. The van der Waals surface area contributed by atoms with Crippen LogP contribution in [-0.4, -0.2) is 31.8 Å². The first kappa shape index (κ1) is 15.3. The smallest absolute Gasteiger partial charge is 0.340 e. The molecule has 2 aromatic rings. The molecule has 0 saturated heterocycles. The Bertz CT molecular complexity index is 727. The van der Waals surface area contributed by atoms with Crippen molar-refractivity contribution in [2.24, 2.45) is 0 Å². The van der Waals surface area contributed by atoms with Crippen molar-refractivity contribution in [2.45, 2.75) is 19.3 Å². The molecule has 0 N–H and O–H groups in total. The summed E-state index contributed by atoms with van der Waals surface area (Å²) in [4.78, 5) is 16.2. The number of hydrogen-bond donors (Lipinski definition) is 0. The molecule has 1 aromatic carbocycles. The van der Waals surface area contributed by atoms with Crippen LogP contribution in [0.2, 0.25) is 0 Å². The van der Waals surface area contributed by atoms with Crippen molar-refractivity contribution in [1.82, 2.24) is 4.98 Å². The van der Waals surface area contributed by atoms with Gasteiger partial charge < -0.3 is 14.2 Å². The molecule has 0 atom stereocenters. The standard InChI is InChI=1S/C18H19NO4/c1-21-14-7-4-12(17(11-14)22-2)3-5-13-6-8-15-16(19-13)9-10-23-18(15)20/h4,6-8,11H,3,5,9-10H2,1-2H3. The maximum absolute atomic E-state index is 11.6. The maximum Gasteiger partial charge on any atom is 0.340 e. The third-order valence-electron chi connectivity index (χ3n) is 3.97. The molecular formula is C18H19NO4. The van der Waals surface area contributed by atoms with Crippen molar-refractivity contribution < 1.29 is 19.0 Å². The topological polar surface area (TPSA) is 57.7 Å². The molecule has 3 rings (SSSR count). The number of rotatable bonds is 5. The normalized spacial score (nSPS) is 13.2. The molecule has 0 bridgehead atoms. The Morgan fingerprint density at radius 3 is 2.78 bits per heavy atom. The second kappa shape index (κ2) is 6.69. The van der Waals surface area contributed by atoms with E-state index in [0.717, 1.165) is 41.3 Å². The summed E-state index contributed by atoms with van der Waals surface area (Å²) in [6.07, 6.45) is 2.27. The van der Waals surface area contributed by atoms with E-state index in [9.17, 15) is 4.79 Å². The average Bonchev–Trinajstić information content (AvgIpc) is 2.60. The Kier molecular flexibility index (Phi) is 4.46. The summed E-state index contributed by atoms with van der Waals surface area (Å²) in [6.45, 7) is 0.411. The van der Waals surface area contributed by atoms with Crippen LogP contribution in [0.4, 0.5) is 0 Å². The number of fused-ring (bicyclic) bond motifs is 1. The number of cyclic esters (lactones) is 1. The molecule has 1 aliphatic rings. The van der Waals surface area contributed by atoms with Gasteiger partial charge in [-0.1, -0.05) is 6.07 Å². The first-order chi connectivity index (χ1) is 11.2. The number of pyridine rings is 1. The minimum atomic E-state index is -0.276. The number of benzene rings is 1. The van der Waals surface area contributed by atoms with Crippen molar-refractivity contribution >= 4 is 5.97 Å². The Hall–Kier alpha value is -2.56. The van der Waals surface area contributed by atoms with E-state index in [-0.39, 0.29) is 5.97 Å². The summed E-state index contributed by atoms with van der Waals surface area (Å²) in [5.74, 6) is 1.31. The Labute approximate surface area is 135 Å². The summed E-state index contributed by atoms with van der Waals surface area (Å²) >= 11 is 0. The molecule has 2 heterocycles. The molecule has 0 spiro atoms. The molecule has 5 heteroatoms. The van der Waals surface area contributed by atoms with Crippen molar-refractivity contribution in [2.75, 3.05) is 20.8 Å². The molecule has 5 nitrogen and oxygen atoms in total. The minimum absolute atomic E-state index is 0.276. The first-order valence-corrected chi connectivity index (χ1v) is 7.58. The highest BCUT2D eigenvalue weighted by atomic mass is 16.5. The fraction of sp³-hybridized carbons (Fsp3) is 0.333. The summed E-state index contributed by atoms with van der Waals surface area (Å²) in [5.41, 5.74) is 3.49. The zero-order valence-corrected chi connectivity index (χ0v) is 13.3. The van der Waals surface area contributed by atoms with E-state index in [4.69, 9.17) is 14.2 Å². The molecule has 0 amide bonds. The van der Waals surface area contributed by atoms with Crippen LogP contribution in [0, 0.1) is 0 Å². The quantitative estimate of drug-likeness (QED) is 0.794. The van der Waals surface area contributed by atoms with Gasteiger partial charge in [0.15, 0.2) is 0 Å². The third-order valence-corrected chi connectivity index (χ3v) is 3.97. The zero-order valence-electron chi connectivity index (χ0n) is 13.3. The van der Waals surface area contributed by atoms with Crippen molar-refractivity contribution in [3.8, 4) is 11.5 Å². The van der Waals surface area contributed by atoms with Crippen LogP contribution in [0.15, 0.2) is 30.3 Å². The lowest BCUT2D eigenvalue weighted by atomic mass is 10.0. The maximum atomic E-state index is 11.6. The SMILES string of the molecule is COc1ccc(CCc2ccc3c(n2)CCOC3=O)c(OC)c1. The molecule has 23 heavy (non-hydrogen) atoms. The van der Waals surface area contributed by atoms with E-state index >= 15 is 0 Å². The fourth-order valence-electron chi connectivity index (χ4n) is 2.70. The minimum Gasteiger partial charge on any atom is -0.497 e. The number of aromatic nitrogens is 1. The van der Waals surface area contributed by atoms with Crippen LogP contribution in [-0.2, 0) is 24.0 Å². The number of carbonyl (C=O) groups is 1. The average molecular weight is 313 g/mol. The number of hydrogen-bond acceptors (Lipinski definition) is 5. The number of esters is 1. The third kappa shape index (κ3) is 3.28. The molecule has 0 saturated carbocycles. The lowest BCUT2D eigenvalue weighted by Gasteiger charge is -2.15. The van der Waals surface area contributed by atoms with E-state index in [1.54, 1.807) is 14.2 Å². The van der Waals surface area contributed by atoms with Gasteiger partial charge in [-0.2, -0.15) is 0 Å². The highest BCUT2D eigenvalue weighted by Gasteiger charge is 2.19. The van der Waals surface area contributed by atoms with Crippen LogP contribution in [0.25, 0.3) is 0 Å². The zero-order chi connectivity index (χ0) is 16.2. The van der Waals surface area contributed by atoms with Gasteiger partial charge in [0.1, 0.15) is 11.5 Å². The van der Waals surface area contributed by atoms with Crippen molar-refractivity contribution in [1.29, 1.82) is 0 Å². The van der Waals surface area contributed by atoms with Crippen LogP contribution >= 0.6 is 0 Å². The van der Waals surface area contributed by atoms with Crippen molar-refractivity contribution in [3.63, 3.8) is 0 Å². The molecule has 120 valence electrons. The number of nitrogens with zero attached hydrogens (tertiary/aromatic N) is 1. The molecule has 0 fully saturated rings. The molecule has 0 aliphatic carbocycles. The lowest BCUT2D eigenvalue weighted by Crippen LogP contribution is -2.19. The predicted octanol–water partition coefficient (Wildman–Crippen LogP) is 2.60. The van der Waals surface area contributed by atoms with Gasteiger partial charge in [-0.25, -0.2) is 4.79 Å². The van der Waals surface area contributed by atoms with Crippen LogP contribution in [0.3, 0.4) is 0 Å². The molecular weight excluding hydrogens is 294 g/mol. The Morgan fingerprint density at radius 2 is 2.00 bits per heavy atom. The van der Waals surface area contributed by atoms with Gasteiger partial charge in [0, 0.05) is 18.2 Å². The Balaban J connectivity index is 1.75. The van der Waals surface area contributed by atoms with Gasteiger partial charge in [-0.15, -0.1) is 0 Å². The number of carbonyl (C=O) groups excluding carboxylic acids is 1. The summed E-state index contributed by atoms with van der Waals surface area (Å²) in [6, 6.07) is 9.51. The van der Waals surface area contributed by atoms with Gasteiger partial charge in [-0.3, -0.25) is 4.98 Å². The van der Waals surface area contributed by atoms with Gasteiger partial charge in [0.05, 0.1) is 32.1 Å². The van der Waals surface area contributed by atoms with Crippen LogP contribution < -0.4 is 9.47 Å². The van der Waals surface area contributed by atoms with Crippen molar-refractivity contribution in [3.05, 3.63) is 52.8 Å². The van der Waals surface area contributed by atoms with E-state index < -0.39 is 0 Å². The van der Waals surface area contributed by atoms with E-state index in [1.807, 2.05) is 30.3 Å². The summed E-state index contributed by atoms with van der Waals surface area (Å²) < 4.78 is 15.6. The summed E-state index contributed by atoms with van der Waals surface area (Å²) in [7, 11) is 3.29. The van der Waals surface area contributed by atoms with E-state index in [1.165, 1.54) is 0 Å². The van der Waals surface area contributed by atoms with Crippen LogP contribution in [0.1, 0.15) is 27.3 Å². The molecule has 0 unspecified atom stereocenters. The van der Waals surface area contributed by atoms with Crippen LogP contribution in [0.5, 0.6) is 11.5 Å². The number of aryl methyl sites for hydroxylation is 2. The fourth-order valence-corrected chi connectivity index (χ4v) is 2.70. The predicted molar refractivity (Wildman–Crippen MR) is 85.2 cm³/mol. The van der Waals surface area contributed by atoms with Gasteiger partial charge in [0.2, 0.25) is 0 Å². The molecule has 1 aromatic heterocycles. The van der Waals surface area contributed by atoms with Gasteiger partial charge in [0.25, 0.3) is 0 Å².